The first-order valence-electron chi connectivity index (χ1n) is 8.54. The van der Waals surface area contributed by atoms with Gasteiger partial charge in [-0.25, -0.2) is 4.98 Å². The predicted molar refractivity (Wildman–Crippen MR) is 121 cm³/mol. The molecule has 5 nitrogen and oxygen atoms in total. The molecule has 0 spiro atoms. The van der Waals surface area contributed by atoms with Gasteiger partial charge in [-0.05, 0) is 43.9 Å². The molecule has 2 N–H and O–H groups in total. The summed E-state index contributed by atoms with van der Waals surface area (Å²) < 4.78 is 5.21. The third kappa shape index (κ3) is 6.75. The highest BCUT2D eigenvalue weighted by molar-refractivity contribution is 14.0. The number of nitrogens with zero attached hydrogens (tertiary/aromatic N) is 2. The Morgan fingerprint density at radius 3 is 2.46 bits per heavy atom. The predicted octanol–water partition coefficient (Wildman–Crippen LogP) is 4.25. The molecule has 1 unspecified atom stereocenters. The summed E-state index contributed by atoms with van der Waals surface area (Å²) in [5, 5.41) is 7.79. The van der Waals surface area contributed by atoms with E-state index in [1.165, 1.54) is 10.4 Å². The van der Waals surface area contributed by atoms with Gasteiger partial charge in [0, 0.05) is 18.5 Å². The van der Waals surface area contributed by atoms with Gasteiger partial charge in [-0.15, -0.1) is 35.3 Å². The Balaban J connectivity index is 0.00000338. The molecule has 0 saturated heterocycles. The third-order valence-corrected chi connectivity index (χ3v) is 5.33. The van der Waals surface area contributed by atoms with E-state index in [4.69, 9.17) is 4.74 Å². The minimum Gasteiger partial charge on any atom is -0.497 e. The van der Waals surface area contributed by atoms with Crippen LogP contribution in [0.1, 0.15) is 40.4 Å². The fraction of sp³-hybridized carbons (Fsp3) is 0.474. The number of halogens is 1. The van der Waals surface area contributed by atoms with Crippen molar-refractivity contribution in [2.24, 2.45) is 4.99 Å². The number of aromatic nitrogens is 1. The normalized spacial score (nSPS) is 12.3. The van der Waals surface area contributed by atoms with E-state index in [2.05, 4.69) is 46.6 Å². The van der Waals surface area contributed by atoms with Crippen LogP contribution in [0.3, 0.4) is 0 Å². The van der Waals surface area contributed by atoms with Gasteiger partial charge in [0.25, 0.3) is 0 Å². The molecule has 1 aromatic carbocycles. The number of guanidine groups is 1. The number of aliphatic imine (C=N–C) groups is 1. The summed E-state index contributed by atoms with van der Waals surface area (Å²) in [4.78, 5) is 10.1. The summed E-state index contributed by atoms with van der Waals surface area (Å²) in [6.45, 7) is 7.95. The van der Waals surface area contributed by atoms with Crippen LogP contribution in [0.4, 0.5) is 0 Å². The highest BCUT2D eigenvalue weighted by Gasteiger charge is 2.07. The van der Waals surface area contributed by atoms with E-state index in [0.717, 1.165) is 35.4 Å². The second-order valence-electron chi connectivity index (χ2n) is 6.06. The molecular formula is C19H29IN4OS. The van der Waals surface area contributed by atoms with Crippen LogP contribution in [0.25, 0.3) is 0 Å². The molecule has 0 aliphatic heterocycles. The van der Waals surface area contributed by atoms with E-state index < -0.39 is 0 Å². The maximum Gasteiger partial charge on any atom is 0.191 e. The highest BCUT2D eigenvalue weighted by atomic mass is 127. The smallest absolute Gasteiger partial charge is 0.191 e. The fourth-order valence-corrected chi connectivity index (χ4v) is 3.37. The molecule has 0 bridgehead atoms. The lowest BCUT2D eigenvalue weighted by Gasteiger charge is -2.15. The van der Waals surface area contributed by atoms with Crippen molar-refractivity contribution in [1.29, 1.82) is 0 Å². The fourth-order valence-electron chi connectivity index (χ4n) is 2.50. The number of rotatable bonds is 7. The van der Waals surface area contributed by atoms with Crippen molar-refractivity contribution in [2.75, 3.05) is 20.7 Å². The summed E-state index contributed by atoms with van der Waals surface area (Å²) in [5.41, 5.74) is 2.43. The first-order chi connectivity index (χ1) is 12.0. The Bertz CT molecular complexity index is 681. The lowest BCUT2D eigenvalue weighted by molar-refractivity contribution is 0.414. The molecule has 2 aromatic rings. The number of hydrogen-bond acceptors (Lipinski definition) is 4. The third-order valence-electron chi connectivity index (χ3n) is 4.26. The molecule has 0 radical (unpaired) electrons. The van der Waals surface area contributed by atoms with Crippen LogP contribution in [0.2, 0.25) is 0 Å². The van der Waals surface area contributed by atoms with E-state index in [9.17, 15) is 0 Å². The lowest BCUT2D eigenvalue weighted by atomic mass is 9.98. The van der Waals surface area contributed by atoms with E-state index in [-0.39, 0.29) is 24.0 Å². The number of hydrogen-bond donors (Lipinski definition) is 2. The topological polar surface area (TPSA) is 58.5 Å². The average Bonchev–Trinajstić information content (AvgIpc) is 2.95. The number of nitrogens with one attached hydrogen (secondary N) is 2. The van der Waals surface area contributed by atoms with Crippen molar-refractivity contribution in [1.82, 2.24) is 15.6 Å². The van der Waals surface area contributed by atoms with Crippen LogP contribution >= 0.6 is 35.3 Å². The Morgan fingerprint density at radius 2 is 1.92 bits per heavy atom. The van der Waals surface area contributed by atoms with E-state index in [1.54, 1.807) is 25.5 Å². The maximum absolute atomic E-state index is 5.21. The average molecular weight is 488 g/mol. The van der Waals surface area contributed by atoms with Gasteiger partial charge in [0.1, 0.15) is 10.8 Å². The SMILES string of the molecule is CN=C(NCCC(C)c1ccc(OC)cc1)NCc1nc(C)c(C)s1.I. The van der Waals surface area contributed by atoms with Crippen LogP contribution in [0.5, 0.6) is 5.75 Å². The van der Waals surface area contributed by atoms with Crippen molar-refractivity contribution in [2.45, 2.75) is 39.7 Å². The quantitative estimate of drug-likeness (QED) is 0.348. The monoisotopic (exact) mass is 488 g/mol. The summed E-state index contributed by atoms with van der Waals surface area (Å²) in [5.74, 6) is 2.18. The molecule has 26 heavy (non-hydrogen) atoms. The molecule has 7 heteroatoms. The molecule has 0 saturated carbocycles. The zero-order chi connectivity index (χ0) is 18.2. The summed E-state index contributed by atoms with van der Waals surface area (Å²) >= 11 is 1.73. The second-order valence-corrected chi connectivity index (χ2v) is 7.35. The van der Waals surface area contributed by atoms with Gasteiger partial charge in [0.15, 0.2) is 5.96 Å². The number of ether oxygens (including phenoxy) is 1. The molecule has 0 aliphatic carbocycles. The lowest BCUT2D eigenvalue weighted by Crippen LogP contribution is -2.37. The standard InChI is InChI=1S/C19H28N4OS.HI/c1-13(16-6-8-17(24-5)9-7-16)10-11-21-19(20-4)22-12-18-23-14(2)15(3)25-18;/h6-9,13H,10-12H2,1-5H3,(H2,20,21,22);1H. The molecule has 0 amide bonds. The van der Waals surface area contributed by atoms with Gasteiger partial charge in [0.05, 0.1) is 19.3 Å². The first kappa shape index (κ1) is 22.7. The molecule has 1 atom stereocenters. The van der Waals surface area contributed by atoms with Crippen molar-refractivity contribution in [3.05, 3.63) is 45.4 Å². The van der Waals surface area contributed by atoms with Gasteiger partial charge in [0.2, 0.25) is 0 Å². The Labute approximate surface area is 177 Å². The summed E-state index contributed by atoms with van der Waals surface area (Å²) in [6, 6.07) is 8.28. The van der Waals surface area contributed by atoms with Gasteiger partial charge in [-0.3, -0.25) is 4.99 Å². The Morgan fingerprint density at radius 1 is 1.23 bits per heavy atom. The van der Waals surface area contributed by atoms with E-state index >= 15 is 0 Å². The Hall–Kier alpha value is -1.35. The zero-order valence-electron chi connectivity index (χ0n) is 16.1. The number of benzene rings is 1. The molecule has 0 fully saturated rings. The summed E-state index contributed by atoms with van der Waals surface area (Å²) in [7, 11) is 3.48. The van der Waals surface area contributed by atoms with Gasteiger partial charge in [-0.2, -0.15) is 0 Å². The molecule has 0 aliphatic rings. The van der Waals surface area contributed by atoms with Crippen molar-refractivity contribution in [3.63, 3.8) is 0 Å². The minimum absolute atomic E-state index is 0. The van der Waals surface area contributed by atoms with Crippen LogP contribution in [0, 0.1) is 13.8 Å². The molecule has 1 heterocycles. The molecule has 1 aromatic heterocycles. The van der Waals surface area contributed by atoms with Crippen molar-refractivity contribution >= 4 is 41.3 Å². The van der Waals surface area contributed by atoms with Crippen molar-refractivity contribution < 1.29 is 4.74 Å². The second kappa shape index (κ2) is 11.4. The first-order valence-corrected chi connectivity index (χ1v) is 9.36. The van der Waals surface area contributed by atoms with Gasteiger partial charge in [-0.1, -0.05) is 19.1 Å². The molecule has 2 rings (SSSR count). The van der Waals surface area contributed by atoms with Crippen molar-refractivity contribution in [3.8, 4) is 5.75 Å². The van der Waals surface area contributed by atoms with Crippen LogP contribution in [-0.2, 0) is 6.54 Å². The maximum atomic E-state index is 5.21. The minimum atomic E-state index is 0. The van der Waals surface area contributed by atoms with Gasteiger partial charge < -0.3 is 15.4 Å². The van der Waals surface area contributed by atoms with Crippen LogP contribution < -0.4 is 15.4 Å². The van der Waals surface area contributed by atoms with Crippen LogP contribution in [-0.4, -0.2) is 31.6 Å². The zero-order valence-corrected chi connectivity index (χ0v) is 19.3. The largest absolute Gasteiger partial charge is 0.497 e. The number of aryl methyl sites for hydroxylation is 2. The number of methoxy groups -OCH3 is 1. The molecule has 144 valence electrons. The van der Waals surface area contributed by atoms with Crippen LogP contribution in [0.15, 0.2) is 29.3 Å². The van der Waals surface area contributed by atoms with E-state index in [0.29, 0.717) is 12.5 Å². The Kier molecular flexibility index (Phi) is 9.93. The number of thiazole rings is 1. The summed E-state index contributed by atoms with van der Waals surface area (Å²) in [6.07, 6.45) is 1.03. The van der Waals surface area contributed by atoms with E-state index in [1.807, 2.05) is 19.1 Å². The highest BCUT2D eigenvalue weighted by Crippen LogP contribution is 2.21. The molecular weight excluding hydrogens is 459 g/mol. The van der Waals surface area contributed by atoms with Gasteiger partial charge >= 0.3 is 0 Å².